The lowest BCUT2D eigenvalue weighted by Crippen LogP contribution is -2.38. The van der Waals surface area contributed by atoms with Gasteiger partial charge in [0.25, 0.3) is 5.91 Å². The largest absolute Gasteiger partial charge is 0.484 e. The predicted octanol–water partition coefficient (Wildman–Crippen LogP) is 4.39. The number of nitrogens with zero attached hydrogens (tertiary/aromatic N) is 1. The topological polar surface area (TPSA) is 45.3 Å². The SMILES string of the molecule is O=C(COc1ccc(I)cc1)N1CCc2[nH]c3ccc(Cl)cc3c2C1. The highest BCUT2D eigenvalue weighted by Gasteiger charge is 2.24. The molecule has 4 rings (SSSR count). The Balaban J connectivity index is 1.47. The minimum atomic E-state index is 0.000535. The Labute approximate surface area is 164 Å². The lowest BCUT2D eigenvalue weighted by Gasteiger charge is -2.27. The second-order valence-corrected chi connectivity index (χ2v) is 7.76. The molecule has 0 bridgehead atoms. The van der Waals surface area contributed by atoms with Gasteiger partial charge in [0.2, 0.25) is 0 Å². The van der Waals surface area contributed by atoms with Crippen molar-refractivity contribution in [3.05, 3.63) is 62.3 Å². The number of fused-ring (bicyclic) bond motifs is 3. The minimum Gasteiger partial charge on any atom is -0.484 e. The van der Waals surface area contributed by atoms with Gasteiger partial charge in [-0.2, -0.15) is 0 Å². The summed E-state index contributed by atoms with van der Waals surface area (Å²) in [5, 5.41) is 1.80. The van der Waals surface area contributed by atoms with E-state index in [0.717, 1.165) is 26.5 Å². The summed E-state index contributed by atoms with van der Waals surface area (Å²) in [7, 11) is 0. The molecule has 1 aromatic heterocycles. The van der Waals surface area contributed by atoms with Gasteiger partial charge in [0.15, 0.2) is 6.61 Å². The number of aromatic nitrogens is 1. The molecule has 0 fully saturated rings. The fraction of sp³-hybridized carbons (Fsp3) is 0.211. The van der Waals surface area contributed by atoms with Crippen LogP contribution >= 0.6 is 34.2 Å². The standard InChI is InChI=1S/C19H16ClIN2O2/c20-12-1-6-17-15(9-12)16-10-23(8-7-18(16)22-17)19(24)11-25-14-4-2-13(21)3-5-14/h1-6,9,22H,7-8,10-11H2. The third-order valence-electron chi connectivity index (χ3n) is 4.47. The van der Waals surface area contributed by atoms with E-state index in [1.165, 1.54) is 5.69 Å². The fourth-order valence-corrected chi connectivity index (χ4v) is 3.70. The van der Waals surface area contributed by atoms with Crippen molar-refractivity contribution in [2.45, 2.75) is 13.0 Å². The van der Waals surface area contributed by atoms with Crippen LogP contribution in [0.1, 0.15) is 11.3 Å². The van der Waals surface area contributed by atoms with Gasteiger partial charge in [0.05, 0.1) is 0 Å². The van der Waals surface area contributed by atoms with E-state index in [-0.39, 0.29) is 12.5 Å². The van der Waals surface area contributed by atoms with E-state index < -0.39 is 0 Å². The minimum absolute atomic E-state index is 0.000535. The number of ether oxygens (including phenoxy) is 1. The van der Waals surface area contributed by atoms with Crippen molar-refractivity contribution in [3.63, 3.8) is 0 Å². The van der Waals surface area contributed by atoms with Crippen LogP contribution in [0.25, 0.3) is 10.9 Å². The van der Waals surface area contributed by atoms with Gasteiger partial charge >= 0.3 is 0 Å². The van der Waals surface area contributed by atoms with E-state index in [1.54, 1.807) is 0 Å². The maximum absolute atomic E-state index is 12.5. The first-order valence-electron chi connectivity index (χ1n) is 8.05. The van der Waals surface area contributed by atoms with E-state index in [1.807, 2.05) is 47.4 Å². The number of H-pyrrole nitrogens is 1. The van der Waals surface area contributed by atoms with E-state index in [2.05, 4.69) is 27.6 Å². The molecule has 3 aromatic rings. The number of amides is 1. The van der Waals surface area contributed by atoms with E-state index in [0.29, 0.717) is 23.9 Å². The number of carbonyl (C=O) groups excluding carboxylic acids is 1. The molecule has 128 valence electrons. The summed E-state index contributed by atoms with van der Waals surface area (Å²) in [5.74, 6) is 0.714. The number of benzene rings is 2. The molecular weight excluding hydrogens is 451 g/mol. The molecule has 0 radical (unpaired) electrons. The van der Waals surface area contributed by atoms with Crippen LogP contribution in [0.5, 0.6) is 5.75 Å². The molecular formula is C19H16ClIN2O2. The summed E-state index contributed by atoms with van der Waals surface area (Å²) in [5.41, 5.74) is 3.42. The monoisotopic (exact) mass is 466 g/mol. The van der Waals surface area contributed by atoms with Crippen molar-refractivity contribution in [2.75, 3.05) is 13.2 Å². The van der Waals surface area contributed by atoms with Crippen molar-refractivity contribution in [1.82, 2.24) is 9.88 Å². The average Bonchev–Trinajstić information content (AvgIpc) is 2.98. The van der Waals surface area contributed by atoms with Gasteiger partial charge in [-0.1, -0.05) is 11.6 Å². The summed E-state index contributed by atoms with van der Waals surface area (Å²) in [4.78, 5) is 17.8. The summed E-state index contributed by atoms with van der Waals surface area (Å²) in [6.07, 6.45) is 0.816. The second-order valence-electron chi connectivity index (χ2n) is 6.08. The van der Waals surface area contributed by atoms with Crippen LogP contribution in [-0.4, -0.2) is 28.9 Å². The third kappa shape index (κ3) is 3.48. The zero-order valence-electron chi connectivity index (χ0n) is 13.4. The maximum Gasteiger partial charge on any atom is 0.260 e. The van der Waals surface area contributed by atoms with Crippen LogP contribution in [-0.2, 0) is 17.8 Å². The highest BCUT2D eigenvalue weighted by Crippen LogP contribution is 2.29. The van der Waals surface area contributed by atoms with Gasteiger partial charge in [-0.3, -0.25) is 4.79 Å². The molecule has 1 N–H and O–H groups in total. The zero-order valence-corrected chi connectivity index (χ0v) is 16.3. The summed E-state index contributed by atoms with van der Waals surface area (Å²) in [6.45, 7) is 1.34. The Bertz CT molecular complexity index is 936. The molecule has 0 unspecified atom stereocenters. The molecule has 0 saturated carbocycles. The van der Waals surface area contributed by atoms with E-state index >= 15 is 0 Å². The predicted molar refractivity (Wildman–Crippen MR) is 107 cm³/mol. The van der Waals surface area contributed by atoms with Crippen LogP contribution in [0.3, 0.4) is 0 Å². The van der Waals surface area contributed by atoms with Crippen LogP contribution in [0, 0.1) is 3.57 Å². The molecule has 2 heterocycles. The summed E-state index contributed by atoms with van der Waals surface area (Å²) < 4.78 is 6.77. The van der Waals surface area contributed by atoms with Gasteiger partial charge in [0, 0.05) is 50.3 Å². The van der Waals surface area contributed by atoms with Gasteiger partial charge in [0.1, 0.15) is 5.75 Å². The molecule has 0 saturated heterocycles. The molecule has 0 spiro atoms. The smallest absolute Gasteiger partial charge is 0.260 e. The van der Waals surface area contributed by atoms with Gasteiger partial charge in [-0.05, 0) is 65.1 Å². The molecule has 1 aliphatic heterocycles. The van der Waals surface area contributed by atoms with Crippen LogP contribution in [0.2, 0.25) is 5.02 Å². The van der Waals surface area contributed by atoms with Gasteiger partial charge in [-0.15, -0.1) is 0 Å². The molecule has 25 heavy (non-hydrogen) atoms. The highest BCUT2D eigenvalue weighted by atomic mass is 127. The number of nitrogens with one attached hydrogen (secondary N) is 1. The normalized spacial score (nSPS) is 13.8. The van der Waals surface area contributed by atoms with Crippen LogP contribution in [0.4, 0.5) is 0 Å². The number of carbonyl (C=O) groups is 1. The second kappa shape index (κ2) is 6.88. The Morgan fingerprint density at radius 2 is 2.04 bits per heavy atom. The van der Waals surface area contributed by atoms with Crippen LogP contribution < -0.4 is 4.74 Å². The average molecular weight is 467 g/mol. The van der Waals surface area contributed by atoms with Crippen molar-refractivity contribution in [3.8, 4) is 5.75 Å². The number of rotatable bonds is 3. The number of hydrogen-bond acceptors (Lipinski definition) is 2. The Hall–Kier alpha value is -1.73. The molecule has 0 aliphatic carbocycles. The molecule has 2 aromatic carbocycles. The van der Waals surface area contributed by atoms with Crippen molar-refractivity contribution >= 4 is 51.0 Å². The zero-order chi connectivity index (χ0) is 17.4. The Morgan fingerprint density at radius 3 is 2.84 bits per heavy atom. The van der Waals surface area contributed by atoms with Gasteiger partial charge in [-0.25, -0.2) is 0 Å². The van der Waals surface area contributed by atoms with Gasteiger partial charge < -0.3 is 14.6 Å². The molecule has 1 amide bonds. The third-order valence-corrected chi connectivity index (χ3v) is 5.42. The van der Waals surface area contributed by atoms with Crippen LogP contribution in [0.15, 0.2) is 42.5 Å². The first kappa shape index (κ1) is 16.7. The number of halogens is 2. The van der Waals surface area contributed by atoms with Crippen molar-refractivity contribution in [1.29, 1.82) is 0 Å². The number of aromatic amines is 1. The van der Waals surface area contributed by atoms with Crippen molar-refractivity contribution < 1.29 is 9.53 Å². The first-order valence-corrected chi connectivity index (χ1v) is 9.51. The van der Waals surface area contributed by atoms with Crippen molar-refractivity contribution in [2.24, 2.45) is 0 Å². The first-order chi connectivity index (χ1) is 12.1. The summed E-state index contributed by atoms with van der Waals surface area (Å²) >= 11 is 8.37. The Kier molecular flexibility index (Phi) is 4.60. The van der Waals surface area contributed by atoms with E-state index in [4.69, 9.17) is 16.3 Å². The lowest BCUT2D eigenvalue weighted by atomic mass is 10.0. The summed E-state index contributed by atoms with van der Waals surface area (Å²) in [6, 6.07) is 13.5. The van der Waals surface area contributed by atoms with E-state index in [9.17, 15) is 4.79 Å². The highest BCUT2D eigenvalue weighted by molar-refractivity contribution is 14.1. The lowest BCUT2D eigenvalue weighted by molar-refractivity contribution is -0.134. The fourth-order valence-electron chi connectivity index (χ4n) is 3.17. The molecule has 1 aliphatic rings. The number of hydrogen-bond donors (Lipinski definition) is 1. The molecule has 4 nitrogen and oxygen atoms in total. The quantitative estimate of drug-likeness (QED) is 0.582. The maximum atomic E-state index is 12.5. The molecule has 6 heteroatoms. The molecule has 0 atom stereocenters. The Morgan fingerprint density at radius 1 is 1.24 bits per heavy atom.